The standard InChI is InChI=1S/C20H26N6O4S/c1-3-13-10-15(12-23-18(13)21)24-19(27)20(28)26-9-5-4-6-16(26)14-7-8-17(22-11-14)25-31(2,29)30/h7-8,10-12,16H,3-6,9H2,1-2H3,(H2,21,23)(H,22,25)(H,24,27)/t16-/m0/s1. The van der Waals surface area contributed by atoms with Gasteiger partial charge in [0.05, 0.1) is 24.2 Å². The summed E-state index contributed by atoms with van der Waals surface area (Å²) in [5.74, 6) is -0.800. The van der Waals surface area contributed by atoms with Gasteiger partial charge in [0, 0.05) is 12.7 Å². The topological polar surface area (TPSA) is 147 Å². The van der Waals surface area contributed by atoms with E-state index in [0.717, 1.165) is 30.2 Å². The van der Waals surface area contributed by atoms with Crippen molar-refractivity contribution in [2.24, 2.45) is 0 Å². The third-order valence-corrected chi connectivity index (χ3v) is 5.64. The summed E-state index contributed by atoms with van der Waals surface area (Å²) in [5, 5.41) is 2.61. The molecule has 3 heterocycles. The molecule has 0 saturated carbocycles. The first-order valence-electron chi connectivity index (χ1n) is 9.98. The fraction of sp³-hybridized carbons (Fsp3) is 0.400. The normalized spacial score (nSPS) is 16.6. The van der Waals surface area contributed by atoms with Gasteiger partial charge in [0.15, 0.2) is 0 Å². The number of piperidine rings is 1. The van der Waals surface area contributed by atoms with Gasteiger partial charge in [-0.05, 0) is 48.9 Å². The molecule has 166 valence electrons. The molecule has 4 N–H and O–H groups in total. The van der Waals surface area contributed by atoms with E-state index in [2.05, 4.69) is 20.0 Å². The van der Waals surface area contributed by atoms with Crippen LogP contribution in [0.4, 0.5) is 17.3 Å². The van der Waals surface area contributed by atoms with E-state index in [9.17, 15) is 18.0 Å². The van der Waals surface area contributed by atoms with Gasteiger partial charge in [-0.3, -0.25) is 14.3 Å². The maximum Gasteiger partial charge on any atom is 0.313 e. The molecule has 0 unspecified atom stereocenters. The van der Waals surface area contributed by atoms with Crippen LogP contribution < -0.4 is 15.8 Å². The first-order valence-corrected chi connectivity index (χ1v) is 11.9. The number of nitrogens with zero attached hydrogens (tertiary/aromatic N) is 3. The van der Waals surface area contributed by atoms with Crippen molar-refractivity contribution in [3.05, 3.63) is 41.7 Å². The van der Waals surface area contributed by atoms with Crippen molar-refractivity contribution in [1.29, 1.82) is 0 Å². The Morgan fingerprint density at radius 2 is 2.00 bits per heavy atom. The van der Waals surface area contributed by atoms with Crippen molar-refractivity contribution in [2.75, 3.05) is 28.6 Å². The summed E-state index contributed by atoms with van der Waals surface area (Å²) in [4.78, 5) is 35.3. The van der Waals surface area contributed by atoms with Gasteiger partial charge in [-0.1, -0.05) is 13.0 Å². The summed E-state index contributed by atoms with van der Waals surface area (Å²) in [5.41, 5.74) is 7.73. The lowest BCUT2D eigenvalue weighted by molar-refractivity contribution is -0.145. The van der Waals surface area contributed by atoms with Crippen molar-refractivity contribution < 1.29 is 18.0 Å². The number of anilines is 3. The molecule has 3 rings (SSSR count). The maximum atomic E-state index is 12.9. The molecule has 10 nitrogen and oxygen atoms in total. The van der Waals surface area contributed by atoms with Crippen LogP contribution in [0.3, 0.4) is 0 Å². The van der Waals surface area contributed by atoms with E-state index in [4.69, 9.17) is 5.73 Å². The molecule has 0 aromatic carbocycles. The number of carbonyl (C=O) groups excluding carboxylic acids is 2. The lowest BCUT2D eigenvalue weighted by Crippen LogP contribution is -2.44. The average Bonchev–Trinajstić information content (AvgIpc) is 2.74. The number of nitrogens with one attached hydrogen (secondary N) is 2. The molecule has 0 bridgehead atoms. The van der Waals surface area contributed by atoms with Gasteiger partial charge in [0.1, 0.15) is 11.6 Å². The molecule has 2 aromatic rings. The molecule has 0 spiro atoms. The molecule has 0 aliphatic carbocycles. The van der Waals surface area contributed by atoms with Crippen LogP contribution in [-0.2, 0) is 26.0 Å². The van der Waals surface area contributed by atoms with E-state index >= 15 is 0 Å². The Kier molecular flexibility index (Phi) is 6.74. The summed E-state index contributed by atoms with van der Waals surface area (Å²) in [6.07, 6.45) is 7.03. The van der Waals surface area contributed by atoms with Crippen molar-refractivity contribution >= 4 is 39.2 Å². The van der Waals surface area contributed by atoms with Gasteiger partial charge >= 0.3 is 11.8 Å². The molecule has 1 saturated heterocycles. The zero-order valence-electron chi connectivity index (χ0n) is 17.5. The highest BCUT2D eigenvalue weighted by Crippen LogP contribution is 2.31. The van der Waals surface area contributed by atoms with Gasteiger partial charge in [-0.25, -0.2) is 18.4 Å². The zero-order chi connectivity index (χ0) is 22.6. The van der Waals surface area contributed by atoms with E-state index in [0.29, 0.717) is 30.9 Å². The quantitative estimate of drug-likeness (QED) is 0.592. The Morgan fingerprint density at radius 3 is 2.65 bits per heavy atom. The number of sulfonamides is 1. The number of nitrogens with two attached hydrogens (primary N) is 1. The Morgan fingerprint density at radius 1 is 1.23 bits per heavy atom. The molecule has 1 fully saturated rings. The van der Waals surface area contributed by atoms with Crippen LogP contribution in [0.15, 0.2) is 30.6 Å². The summed E-state index contributed by atoms with van der Waals surface area (Å²) in [6.45, 7) is 2.37. The molecular weight excluding hydrogens is 420 g/mol. The SMILES string of the molecule is CCc1cc(NC(=O)C(=O)N2CCCC[C@H]2c2ccc(NS(C)(=O)=O)nc2)cnc1N. The van der Waals surface area contributed by atoms with E-state index in [-0.39, 0.29) is 11.9 Å². The predicted octanol–water partition coefficient (Wildman–Crippen LogP) is 1.68. The summed E-state index contributed by atoms with van der Waals surface area (Å²) in [7, 11) is -3.43. The number of hydrogen-bond donors (Lipinski definition) is 3. The minimum Gasteiger partial charge on any atom is -0.383 e. The van der Waals surface area contributed by atoms with Gasteiger partial charge in [0.25, 0.3) is 0 Å². The van der Waals surface area contributed by atoms with Crippen molar-refractivity contribution in [3.63, 3.8) is 0 Å². The maximum absolute atomic E-state index is 12.9. The van der Waals surface area contributed by atoms with Gasteiger partial charge in [-0.15, -0.1) is 0 Å². The van der Waals surface area contributed by atoms with Crippen LogP contribution in [0.2, 0.25) is 0 Å². The third kappa shape index (κ3) is 5.69. The average molecular weight is 447 g/mol. The Hall–Kier alpha value is -3.21. The predicted molar refractivity (Wildman–Crippen MR) is 118 cm³/mol. The lowest BCUT2D eigenvalue weighted by Gasteiger charge is -2.35. The van der Waals surface area contributed by atoms with Gasteiger partial charge < -0.3 is 16.0 Å². The van der Waals surface area contributed by atoms with Crippen LogP contribution in [0.5, 0.6) is 0 Å². The molecule has 11 heteroatoms. The largest absolute Gasteiger partial charge is 0.383 e. The molecule has 2 aromatic heterocycles. The van der Waals surface area contributed by atoms with Crippen LogP contribution in [-0.4, -0.2) is 47.9 Å². The Balaban J connectivity index is 1.75. The lowest BCUT2D eigenvalue weighted by atomic mass is 9.96. The van der Waals surface area contributed by atoms with Crippen LogP contribution in [0.25, 0.3) is 0 Å². The third-order valence-electron chi connectivity index (χ3n) is 5.06. The highest BCUT2D eigenvalue weighted by atomic mass is 32.2. The summed E-state index contributed by atoms with van der Waals surface area (Å²) >= 11 is 0. The number of aryl methyl sites for hydroxylation is 1. The molecule has 1 aliphatic rings. The molecule has 31 heavy (non-hydrogen) atoms. The highest BCUT2D eigenvalue weighted by molar-refractivity contribution is 7.92. The fourth-order valence-corrected chi connectivity index (χ4v) is 4.06. The second kappa shape index (κ2) is 9.29. The number of nitrogen functional groups attached to an aromatic ring is 1. The van der Waals surface area contributed by atoms with Crippen molar-refractivity contribution in [2.45, 2.75) is 38.6 Å². The second-order valence-corrected chi connectivity index (χ2v) is 9.19. The molecule has 1 atom stereocenters. The van der Waals surface area contributed by atoms with Crippen molar-refractivity contribution in [3.8, 4) is 0 Å². The number of aromatic nitrogens is 2. The van der Waals surface area contributed by atoms with Gasteiger partial charge in [0.2, 0.25) is 10.0 Å². The second-order valence-electron chi connectivity index (χ2n) is 7.44. The van der Waals surface area contributed by atoms with Crippen LogP contribution in [0.1, 0.15) is 43.4 Å². The first-order chi connectivity index (χ1) is 14.7. The number of hydrogen-bond acceptors (Lipinski definition) is 7. The smallest absolute Gasteiger partial charge is 0.313 e. The monoisotopic (exact) mass is 446 g/mol. The molecule has 1 aliphatic heterocycles. The van der Waals surface area contributed by atoms with Gasteiger partial charge in [-0.2, -0.15) is 0 Å². The van der Waals surface area contributed by atoms with Crippen LogP contribution >= 0.6 is 0 Å². The number of carbonyl (C=O) groups is 2. The number of pyridine rings is 2. The van der Waals surface area contributed by atoms with E-state index in [1.165, 1.54) is 17.3 Å². The zero-order valence-corrected chi connectivity index (χ0v) is 18.3. The first kappa shape index (κ1) is 22.5. The minimum atomic E-state index is -3.43. The highest BCUT2D eigenvalue weighted by Gasteiger charge is 2.32. The molecular formula is C20H26N6O4S. The number of likely N-dealkylation sites (tertiary alicyclic amines) is 1. The van der Waals surface area contributed by atoms with E-state index in [1.807, 2.05) is 6.92 Å². The fourth-order valence-electron chi connectivity index (χ4n) is 3.56. The Bertz CT molecular complexity index is 1070. The summed E-state index contributed by atoms with van der Waals surface area (Å²) in [6, 6.07) is 4.65. The van der Waals surface area contributed by atoms with Crippen LogP contribution in [0, 0.1) is 0 Å². The number of rotatable bonds is 5. The number of amides is 2. The Labute approximate surface area is 181 Å². The minimum absolute atomic E-state index is 0.195. The van der Waals surface area contributed by atoms with E-state index in [1.54, 1.807) is 18.2 Å². The van der Waals surface area contributed by atoms with Crippen molar-refractivity contribution in [1.82, 2.24) is 14.9 Å². The molecule has 0 radical (unpaired) electrons. The van der Waals surface area contributed by atoms with E-state index < -0.39 is 21.8 Å². The summed E-state index contributed by atoms with van der Waals surface area (Å²) < 4.78 is 25.0. The molecule has 2 amide bonds.